The molecule has 0 heterocycles. The van der Waals surface area contributed by atoms with E-state index in [1.54, 1.807) is 22.6 Å². The van der Waals surface area contributed by atoms with Crippen LogP contribution in [0.1, 0.15) is 0 Å². The minimum Gasteiger partial charge on any atom is -0.465 e. The number of halogens is 3. The summed E-state index contributed by atoms with van der Waals surface area (Å²) in [6.07, 6.45) is -1.23. The number of anilines is 1. The monoisotopic (exact) mass is 315 g/mol. The molecular formula is C7H4ClFINO2. The molecule has 6 heteroatoms. The maximum absolute atomic E-state index is 12.8. The minimum atomic E-state index is -1.23. The van der Waals surface area contributed by atoms with E-state index < -0.39 is 11.9 Å². The van der Waals surface area contributed by atoms with Crippen molar-refractivity contribution in [3.8, 4) is 0 Å². The number of rotatable bonds is 1. The lowest BCUT2D eigenvalue weighted by Gasteiger charge is -2.05. The highest BCUT2D eigenvalue weighted by molar-refractivity contribution is 14.1. The second kappa shape index (κ2) is 4.10. The van der Waals surface area contributed by atoms with Gasteiger partial charge in [-0.25, -0.2) is 9.18 Å². The fourth-order valence-corrected chi connectivity index (χ4v) is 1.41. The number of hydrogen-bond donors (Lipinski definition) is 2. The van der Waals surface area contributed by atoms with Crippen LogP contribution in [0.5, 0.6) is 0 Å². The molecule has 0 spiro atoms. The Balaban J connectivity index is 3.10. The highest BCUT2D eigenvalue weighted by Crippen LogP contribution is 2.29. The van der Waals surface area contributed by atoms with Crippen LogP contribution in [-0.2, 0) is 0 Å². The zero-order chi connectivity index (χ0) is 10.0. The topological polar surface area (TPSA) is 49.3 Å². The van der Waals surface area contributed by atoms with Crippen LogP contribution in [0.25, 0.3) is 0 Å². The maximum atomic E-state index is 12.8. The Kier molecular flexibility index (Phi) is 3.32. The minimum absolute atomic E-state index is 0.0722. The predicted octanol–water partition coefficient (Wildman–Crippen LogP) is 3.17. The third-order valence-corrected chi connectivity index (χ3v) is 3.04. The lowest BCUT2D eigenvalue weighted by atomic mass is 10.3. The summed E-state index contributed by atoms with van der Waals surface area (Å²) in [5.74, 6) is -0.471. The molecule has 1 rings (SSSR count). The molecule has 2 N–H and O–H groups in total. The Labute approximate surface area is 92.0 Å². The van der Waals surface area contributed by atoms with E-state index in [1.807, 2.05) is 0 Å². The van der Waals surface area contributed by atoms with Gasteiger partial charge in [-0.15, -0.1) is 0 Å². The summed E-state index contributed by atoms with van der Waals surface area (Å²) in [5.41, 5.74) is 0.181. The van der Waals surface area contributed by atoms with Gasteiger partial charge >= 0.3 is 6.09 Å². The first-order valence-electron chi connectivity index (χ1n) is 3.16. The average molecular weight is 315 g/mol. The highest BCUT2D eigenvalue weighted by atomic mass is 127. The van der Waals surface area contributed by atoms with Gasteiger partial charge in [0.1, 0.15) is 5.82 Å². The summed E-state index contributed by atoms with van der Waals surface area (Å²) < 4.78 is 13.0. The number of hydrogen-bond acceptors (Lipinski definition) is 1. The van der Waals surface area contributed by atoms with Gasteiger partial charge in [0.15, 0.2) is 0 Å². The molecule has 0 saturated carbocycles. The van der Waals surface area contributed by atoms with Crippen molar-refractivity contribution in [3.05, 3.63) is 26.5 Å². The number of amides is 1. The fourth-order valence-electron chi connectivity index (χ4n) is 0.738. The summed E-state index contributed by atoms with van der Waals surface area (Å²) in [6, 6.07) is 2.42. The van der Waals surface area contributed by atoms with Crippen LogP contribution in [0.15, 0.2) is 12.1 Å². The summed E-state index contributed by atoms with van der Waals surface area (Å²) in [5, 5.41) is 10.5. The largest absolute Gasteiger partial charge is 0.465 e. The molecule has 0 aliphatic rings. The first-order valence-corrected chi connectivity index (χ1v) is 4.61. The van der Waals surface area contributed by atoms with Gasteiger partial charge in [0.2, 0.25) is 0 Å². The van der Waals surface area contributed by atoms with E-state index in [0.29, 0.717) is 0 Å². The molecule has 0 bridgehead atoms. The number of nitrogens with one attached hydrogen (secondary N) is 1. The van der Waals surface area contributed by atoms with Gasteiger partial charge in [-0.1, -0.05) is 11.6 Å². The normalized spacial score (nSPS) is 9.77. The second-order valence-electron chi connectivity index (χ2n) is 2.15. The highest BCUT2D eigenvalue weighted by Gasteiger charge is 2.10. The molecule has 70 valence electrons. The molecular weight excluding hydrogens is 311 g/mol. The zero-order valence-corrected chi connectivity index (χ0v) is 9.06. The van der Waals surface area contributed by atoms with Crippen LogP contribution >= 0.6 is 34.2 Å². The Bertz CT molecular complexity index is 359. The molecule has 0 radical (unpaired) electrons. The molecule has 1 amide bonds. The molecule has 1 aromatic carbocycles. The van der Waals surface area contributed by atoms with E-state index in [4.69, 9.17) is 16.7 Å². The first-order chi connectivity index (χ1) is 6.02. The third kappa shape index (κ3) is 2.44. The first kappa shape index (κ1) is 10.5. The number of benzene rings is 1. The molecule has 13 heavy (non-hydrogen) atoms. The SMILES string of the molecule is O=C(O)Nc1ccc(F)c(I)c1Cl. The van der Waals surface area contributed by atoms with Crippen molar-refractivity contribution in [1.82, 2.24) is 0 Å². The van der Waals surface area contributed by atoms with Crippen molar-refractivity contribution in [3.63, 3.8) is 0 Å². The Hall–Kier alpha value is -0.560. The maximum Gasteiger partial charge on any atom is 0.409 e. The number of carbonyl (C=O) groups is 1. The number of carboxylic acid groups (broad SMARTS) is 1. The quantitative estimate of drug-likeness (QED) is 0.618. The Morgan fingerprint density at radius 3 is 2.77 bits per heavy atom. The van der Waals surface area contributed by atoms with Crippen LogP contribution in [0, 0.1) is 9.39 Å². The van der Waals surface area contributed by atoms with Crippen molar-refractivity contribution in [2.75, 3.05) is 5.32 Å². The third-order valence-electron chi connectivity index (χ3n) is 1.28. The molecule has 0 aliphatic carbocycles. The van der Waals surface area contributed by atoms with Crippen molar-refractivity contribution in [2.24, 2.45) is 0 Å². The summed E-state index contributed by atoms with van der Waals surface area (Å²) in [6.45, 7) is 0. The van der Waals surface area contributed by atoms with E-state index in [2.05, 4.69) is 5.32 Å². The molecule has 0 fully saturated rings. The molecule has 0 aromatic heterocycles. The molecule has 1 aromatic rings. The summed E-state index contributed by atoms with van der Waals surface area (Å²) >= 11 is 7.37. The van der Waals surface area contributed by atoms with Crippen LogP contribution in [0.4, 0.5) is 14.9 Å². The van der Waals surface area contributed by atoms with Crippen LogP contribution in [-0.4, -0.2) is 11.2 Å². The Morgan fingerprint density at radius 1 is 1.62 bits per heavy atom. The van der Waals surface area contributed by atoms with Gasteiger partial charge < -0.3 is 5.11 Å². The van der Waals surface area contributed by atoms with E-state index in [1.165, 1.54) is 6.07 Å². The summed E-state index contributed by atoms with van der Waals surface area (Å²) in [4.78, 5) is 10.3. The van der Waals surface area contributed by atoms with Gasteiger partial charge in [0.05, 0.1) is 14.3 Å². The van der Waals surface area contributed by atoms with Gasteiger partial charge in [0, 0.05) is 0 Å². The molecule has 0 unspecified atom stereocenters. The van der Waals surface area contributed by atoms with Gasteiger partial charge in [0.25, 0.3) is 0 Å². The molecule has 0 saturated heterocycles. The van der Waals surface area contributed by atoms with E-state index in [-0.39, 0.29) is 14.3 Å². The van der Waals surface area contributed by atoms with E-state index in [9.17, 15) is 9.18 Å². The van der Waals surface area contributed by atoms with Crippen molar-refractivity contribution < 1.29 is 14.3 Å². The van der Waals surface area contributed by atoms with E-state index >= 15 is 0 Å². The lowest BCUT2D eigenvalue weighted by Crippen LogP contribution is -2.08. The zero-order valence-electron chi connectivity index (χ0n) is 6.14. The smallest absolute Gasteiger partial charge is 0.409 e. The van der Waals surface area contributed by atoms with Gasteiger partial charge in [-0.3, -0.25) is 5.32 Å². The average Bonchev–Trinajstić information content (AvgIpc) is 2.06. The van der Waals surface area contributed by atoms with Crippen LogP contribution < -0.4 is 5.32 Å². The van der Waals surface area contributed by atoms with Crippen molar-refractivity contribution in [2.45, 2.75) is 0 Å². The fraction of sp³-hybridized carbons (Fsp3) is 0. The molecule has 3 nitrogen and oxygen atoms in total. The molecule has 0 aliphatic heterocycles. The van der Waals surface area contributed by atoms with Gasteiger partial charge in [-0.05, 0) is 34.7 Å². The van der Waals surface area contributed by atoms with Crippen molar-refractivity contribution >= 4 is 46.0 Å². The van der Waals surface area contributed by atoms with Crippen LogP contribution in [0.2, 0.25) is 5.02 Å². The van der Waals surface area contributed by atoms with Gasteiger partial charge in [-0.2, -0.15) is 0 Å². The standard InChI is InChI=1S/C7H4ClFINO2/c8-5-4(11-7(12)13)2-1-3(9)6(5)10/h1-2,11H,(H,12,13). The lowest BCUT2D eigenvalue weighted by molar-refractivity contribution is 0.209. The Morgan fingerprint density at radius 2 is 2.23 bits per heavy atom. The predicted molar refractivity (Wildman–Crippen MR) is 55.8 cm³/mol. The van der Waals surface area contributed by atoms with E-state index in [0.717, 1.165) is 6.07 Å². The molecule has 0 atom stereocenters. The second-order valence-corrected chi connectivity index (χ2v) is 3.61. The van der Waals surface area contributed by atoms with Crippen molar-refractivity contribution in [1.29, 1.82) is 0 Å². The van der Waals surface area contributed by atoms with Crippen LogP contribution in [0.3, 0.4) is 0 Å². The summed E-state index contributed by atoms with van der Waals surface area (Å²) in [7, 11) is 0.